The zero-order chi connectivity index (χ0) is 21.8. The summed E-state index contributed by atoms with van der Waals surface area (Å²) in [7, 11) is 1.21. The summed E-state index contributed by atoms with van der Waals surface area (Å²) in [6.45, 7) is 1.59. The SMILES string of the molecule is COC(=O)CC(CC(=S)Cc1c(N)ccc(F)c1C)c1cccc(C(F)(F)F)c1. The highest BCUT2D eigenvalue weighted by Crippen LogP contribution is 2.33. The van der Waals surface area contributed by atoms with Gasteiger partial charge in [-0.2, -0.15) is 13.2 Å². The molecule has 0 aliphatic carbocycles. The smallest absolute Gasteiger partial charge is 0.416 e. The van der Waals surface area contributed by atoms with Crippen LogP contribution in [0.1, 0.15) is 41.0 Å². The van der Waals surface area contributed by atoms with Crippen molar-refractivity contribution in [2.24, 2.45) is 0 Å². The number of nitrogen functional groups attached to an aromatic ring is 1. The van der Waals surface area contributed by atoms with Gasteiger partial charge in [0.25, 0.3) is 0 Å². The minimum atomic E-state index is -4.50. The van der Waals surface area contributed by atoms with Crippen LogP contribution in [0.4, 0.5) is 23.2 Å². The summed E-state index contributed by atoms with van der Waals surface area (Å²) in [5, 5.41) is 0. The minimum absolute atomic E-state index is 0.129. The number of thiocarbonyl (C=S) groups is 1. The van der Waals surface area contributed by atoms with E-state index in [2.05, 4.69) is 4.74 Å². The van der Waals surface area contributed by atoms with E-state index >= 15 is 0 Å². The summed E-state index contributed by atoms with van der Waals surface area (Å²) in [4.78, 5) is 12.3. The Kier molecular flexibility index (Phi) is 7.35. The highest BCUT2D eigenvalue weighted by atomic mass is 32.1. The van der Waals surface area contributed by atoms with E-state index in [1.807, 2.05) is 0 Å². The van der Waals surface area contributed by atoms with E-state index in [0.717, 1.165) is 12.1 Å². The number of nitrogens with two attached hydrogens (primary N) is 1. The molecule has 8 heteroatoms. The van der Waals surface area contributed by atoms with E-state index in [4.69, 9.17) is 18.0 Å². The van der Waals surface area contributed by atoms with Gasteiger partial charge in [-0.15, -0.1) is 0 Å². The van der Waals surface area contributed by atoms with Gasteiger partial charge in [0.15, 0.2) is 0 Å². The van der Waals surface area contributed by atoms with E-state index < -0.39 is 29.4 Å². The van der Waals surface area contributed by atoms with Crippen LogP contribution in [0.15, 0.2) is 36.4 Å². The number of ether oxygens (including phenoxy) is 1. The second-order valence-electron chi connectivity index (χ2n) is 6.76. The topological polar surface area (TPSA) is 52.3 Å². The lowest BCUT2D eigenvalue weighted by Crippen LogP contribution is -2.15. The summed E-state index contributed by atoms with van der Waals surface area (Å²) in [5.74, 6) is -1.58. The Morgan fingerprint density at radius 1 is 1.21 bits per heavy atom. The second kappa shape index (κ2) is 9.35. The van der Waals surface area contributed by atoms with Crippen LogP contribution in [0.2, 0.25) is 0 Å². The van der Waals surface area contributed by atoms with Crippen molar-refractivity contribution >= 4 is 28.7 Å². The zero-order valence-corrected chi connectivity index (χ0v) is 16.8. The third kappa shape index (κ3) is 6.00. The monoisotopic (exact) mass is 427 g/mol. The zero-order valence-electron chi connectivity index (χ0n) is 16.0. The maximum absolute atomic E-state index is 13.8. The standard InChI is InChI=1S/C21H21F4NO2S/c1-12-17(19(26)7-6-18(12)22)11-16(29)9-14(10-20(27)28-2)13-4-3-5-15(8-13)21(23,24)25/h3-8,14H,9-11,26H2,1-2H3. The lowest BCUT2D eigenvalue weighted by atomic mass is 9.88. The highest BCUT2D eigenvalue weighted by Gasteiger charge is 2.31. The number of anilines is 1. The predicted molar refractivity (Wildman–Crippen MR) is 107 cm³/mol. The van der Waals surface area contributed by atoms with Crippen LogP contribution in [0.5, 0.6) is 0 Å². The number of esters is 1. The van der Waals surface area contributed by atoms with Crippen molar-refractivity contribution < 1.29 is 27.1 Å². The van der Waals surface area contributed by atoms with E-state index in [1.54, 1.807) is 6.92 Å². The number of alkyl halides is 3. The molecular formula is C21H21F4NO2S. The molecule has 1 unspecified atom stereocenters. The summed E-state index contributed by atoms with van der Waals surface area (Å²) in [6, 6.07) is 7.50. The first-order valence-electron chi connectivity index (χ1n) is 8.82. The van der Waals surface area contributed by atoms with Crippen molar-refractivity contribution in [1.29, 1.82) is 0 Å². The molecule has 2 rings (SSSR count). The maximum Gasteiger partial charge on any atom is 0.416 e. The molecule has 0 heterocycles. The number of benzene rings is 2. The first-order valence-corrected chi connectivity index (χ1v) is 9.22. The Hall–Kier alpha value is -2.48. The van der Waals surface area contributed by atoms with Gasteiger partial charge in [0.05, 0.1) is 19.1 Å². The lowest BCUT2D eigenvalue weighted by molar-refractivity contribution is -0.141. The van der Waals surface area contributed by atoms with Crippen LogP contribution in [0.3, 0.4) is 0 Å². The highest BCUT2D eigenvalue weighted by molar-refractivity contribution is 7.80. The van der Waals surface area contributed by atoms with Crippen molar-refractivity contribution in [3.8, 4) is 0 Å². The van der Waals surface area contributed by atoms with Gasteiger partial charge < -0.3 is 10.5 Å². The largest absolute Gasteiger partial charge is 0.469 e. The van der Waals surface area contributed by atoms with Crippen LogP contribution >= 0.6 is 12.2 Å². The van der Waals surface area contributed by atoms with Gasteiger partial charge in [-0.3, -0.25) is 4.79 Å². The molecule has 0 aliphatic rings. The molecule has 0 spiro atoms. The van der Waals surface area contributed by atoms with Gasteiger partial charge in [0.1, 0.15) is 5.82 Å². The predicted octanol–water partition coefficient (Wildman–Crippen LogP) is 5.38. The van der Waals surface area contributed by atoms with Crippen molar-refractivity contribution in [3.63, 3.8) is 0 Å². The molecule has 0 aliphatic heterocycles. The molecule has 0 saturated carbocycles. The van der Waals surface area contributed by atoms with Gasteiger partial charge in [-0.1, -0.05) is 30.4 Å². The quantitative estimate of drug-likeness (QED) is 0.279. The van der Waals surface area contributed by atoms with Crippen molar-refractivity contribution in [1.82, 2.24) is 0 Å². The van der Waals surface area contributed by atoms with E-state index in [9.17, 15) is 22.4 Å². The molecule has 156 valence electrons. The third-order valence-electron chi connectivity index (χ3n) is 4.74. The Morgan fingerprint density at radius 3 is 2.52 bits per heavy atom. The second-order valence-corrected chi connectivity index (χ2v) is 7.34. The first kappa shape index (κ1) is 22.8. The summed E-state index contributed by atoms with van der Waals surface area (Å²) < 4.78 is 57.7. The fourth-order valence-corrected chi connectivity index (χ4v) is 3.43. The Labute approximate surface area is 171 Å². The minimum Gasteiger partial charge on any atom is -0.469 e. The van der Waals surface area contributed by atoms with Gasteiger partial charge in [0.2, 0.25) is 0 Å². The average molecular weight is 427 g/mol. The molecular weight excluding hydrogens is 406 g/mol. The molecule has 3 nitrogen and oxygen atoms in total. The molecule has 0 bridgehead atoms. The number of hydrogen-bond donors (Lipinski definition) is 1. The number of rotatable bonds is 7. The van der Waals surface area contributed by atoms with Crippen LogP contribution < -0.4 is 5.73 Å². The molecule has 0 amide bonds. The van der Waals surface area contributed by atoms with Crippen molar-refractivity contribution in [2.75, 3.05) is 12.8 Å². The van der Waals surface area contributed by atoms with Crippen LogP contribution in [-0.2, 0) is 22.1 Å². The number of halogens is 4. The summed E-state index contributed by atoms with van der Waals surface area (Å²) >= 11 is 5.42. The average Bonchev–Trinajstić information content (AvgIpc) is 2.67. The first-order chi connectivity index (χ1) is 13.5. The maximum atomic E-state index is 13.8. The van der Waals surface area contributed by atoms with Crippen LogP contribution in [0.25, 0.3) is 0 Å². The van der Waals surface area contributed by atoms with Gasteiger partial charge in [-0.25, -0.2) is 4.39 Å². The van der Waals surface area contributed by atoms with Gasteiger partial charge >= 0.3 is 12.1 Å². The molecule has 0 radical (unpaired) electrons. The Bertz CT molecular complexity index is 912. The molecule has 29 heavy (non-hydrogen) atoms. The van der Waals surface area contributed by atoms with Crippen LogP contribution in [0, 0.1) is 12.7 Å². The van der Waals surface area contributed by atoms with Gasteiger partial charge in [0, 0.05) is 12.1 Å². The molecule has 2 aromatic carbocycles. The van der Waals surface area contributed by atoms with E-state index in [1.165, 1.54) is 31.4 Å². The summed E-state index contributed by atoms with van der Waals surface area (Å²) in [6.07, 6.45) is -4.29. The Balaban J connectivity index is 2.29. The molecule has 1 atom stereocenters. The summed E-state index contributed by atoms with van der Waals surface area (Å²) in [5.41, 5.74) is 6.74. The van der Waals surface area contributed by atoms with Crippen LogP contribution in [-0.4, -0.2) is 17.9 Å². The fourth-order valence-electron chi connectivity index (χ4n) is 3.09. The molecule has 0 saturated heterocycles. The molecule has 2 aromatic rings. The Morgan fingerprint density at radius 2 is 1.90 bits per heavy atom. The normalized spacial score (nSPS) is 12.5. The fraction of sp³-hybridized carbons (Fsp3) is 0.333. The number of methoxy groups -OCH3 is 1. The van der Waals surface area contributed by atoms with E-state index in [-0.39, 0.29) is 19.3 Å². The van der Waals surface area contributed by atoms with Crippen molar-refractivity contribution in [3.05, 3.63) is 64.5 Å². The molecule has 0 aromatic heterocycles. The van der Waals surface area contributed by atoms with Gasteiger partial charge in [-0.05, 0) is 59.0 Å². The number of carbonyl (C=O) groups is 1. The third-order valence-corrected chi connectivity index (χ3v) is 5.05. The number of hydrogen-bond acceptors (Lipinski definition) is 4. The lowest BCUT2D eigenvalue weighted by Gasteiger charge is -2.19. The number of carbonyl (C=O) groups excluding carboxylic acids is 1. The van der Waals surface area contributed by atoms with E-state index in [0.29, 0.717) is 27.2 Å². The van der Waals surface area contributed by atoms with Crippen molar-refractivity contribution in [2.45, 2.75) is 38.3 Å². The molecule has 0 fully saturated rings. The molecule has 2 N–H and O–H groups in total.